The molecule has 94 valence electrons. The fourth-order valence-electron chi connectivity index (χ4n) is 0.761. The van der Waals surface area contributed by atoms with Gasteiger partial charge in [0.25, 0.3) is 0 Å². The Morgan fingerprint density at radius 3 is 2.38 bits per heavy atom. The molecule has 1 atom stereocenters. The summed E-state index contributed by atoms with van der Waals surface area (Å²) in [7, 11) is 2.82. The number of hydrogen-bond acceptors (Lipinski definition) is 5. The molecule has 0 aromatic heterocycles. The average molecular weight is 267 g/mol. The van der Waals surface area contributed by atoms with E-state index in [1.54, 1.807) is 20.8 Å². The number of nitrogens with one attached hydrogen (secondary N) is 1. The summed E-state index contributed by atoms with van der Waals surface area (Å²) in [6.07, 6.45) is 1.14. The average Bonchev–Trinajstić information content (AvgIpc) is 2.08. The summed E-state index contributed by atoms with van der Waals surface area (Å²) in [4.78, 5) is 22.1. The highest BCUT2D eigenvalue weighted by atomic mass is 33.1. The van der Waals surface area contributed by atoms with Gasteiger partial charge in [-0.1, -0.05) is 21.6 Å². The fraction of sp³-hybridized carbons (Fsp3) is 0.778. The number of ether oxygens (including phenoxy) is 1. The highest BCUT2D eigenvalue weighted by Crippen LogP contribution is 2.18. The summed E-state index contributed by atoms with van der Waals surface area (Å²) >= 11 is 0. The smallest absolute Gasteiger partial charge is 0.408 e. The summed E-state index contributed by atoms with van der Waals surface area (Å²) in [6, 6.07) is -0.924. The molecule has 1 unspecified atom stereocenters. The van der Waals surface area contributed by atoms with Gasteiger partial charge in [-0.05, 0) is 27.0 Å². The fourth-order valence-corrected chi connectivity index (χ4v) is 2.08. The predicted octanol–water partition coefficient (Wildman–Crippen LogP) is 1.98. The number of hydrogen-bond donors (Lipinski definition) is 2. The van der Waals surface area contributed by atoms with Crippen molar-refractivity contribution in [3.8, 4) is 0 Å². The quantitative estimate of drug-likeness (QED) is 0.742. The topological polar surface area (TPSA) is 75.6 Å². The first kappa shape index (κ1) is 15.4. The van der Waals surface area contributed by atoms with Crippen molar-refractivity contribution >= 4 is 33.7 Å². The maximum atomic E-state index is 11.3. The molecule has 0 saturated carbocycles. The Balaban J connectivity index is 4.19. The summed E-state index contributed by atoms with van der Waals surface area (Å²) in [5.41, 5.74) is -0.625. The molecule has 16 heavy (non-hydrogen) atoms. The minimum absolute atomic E-state index is 0.301. The van der Waals surface area contributed by atoms with Crippen LogP contribution in [0.3, 0.4) is 0 Å². The van der Waals surface area contributed by atoms with Crippen LogP contribution in [0.2, 0.25) is 0 Å². The van der Waals surface area contributed by atoms with Gasteiger partial charge in [0.2, 0.25) is 0 Å². The number of carbonyl (C=O) groups is 2. The van der Waals surface area contributed by atoms with Crippen molar-refractivity contribution in [1.29, 1.82) is 0 Å². The van der Waals surface area contributed by atoms with E-state index in [9.17, 15) is 9.59 Å². The minimum Gasteiger partial charge on any atom is -0.480 e. The standard InChI is InChI=1S/C9H17NO4S2/c1-9(2,3)14-8(13)10-6(7(11)12)5-16-15-4/h6H,5H2,1-4H3,(H,10,13)(H,11,12). The normalized spacial score (nSPS) is 13.0. The minimum atomic E-state index is -1.06. The third kappa shape index (κ3) is 7.70. The van der Waals surface area contributed by atoms with Crippen LogP contribution in [-0.4, -0.2) is 40.8 Å². The first-order valence-electron chi connectivity index (χ1n) is 4.64. The molecule has 7 heteroatoms. The number of rotatable bonds is 5. The van der Waals surface area contributed by atoms with Gasteiger partial charge in [0, 0.05) is 5.75 Å². The van der Waals surface area contributed by atoms with Gasteiger partial charge in [-0.2, -0.15) is 0 Å². The molecule has 0 bridgehead atoms. The van der Waals surface area contributed by atoms with E-state index in [2.05, 4.69) is 5.32 Å². The zero-order valence-corrected chi connectivity index (χ0v) is 11.4. The van der Waals surface area contributed by atoms with Crippen molar-refractivity contribution in [3.63, 3.8) is 0 Å². The molecule has 0 aromatic carbocycles. The number of carbonyl (C=O) groups excluding carboxylic acids is 1. The second-order valence-electron chi connectivity index (χ2n) is 3.99. The van der Waals surface area contributed by atoms with Crippen LogP contribution < -0.4 is 5.32 Å². The third-order valence-corrected chi connectivity index (χ3v) is 3.16. The van der Waals surface area contributed by atoms with E-state index in [0.717, 1.165) is 0 Å². The van der Waals surface area contributed by atoms with E-state index in [4.69, 9.17) is 9.84 Å². The molecule has 0 rings (SSSR count). The zero-order chi connectivity index (χ0) is 12.8. The Morgan fingerprint density at radius 2 is 2.00 bits per heavy atom. The molecule has 0 aliphatic heterocycles. The number of alkyl carbamates (subject to hydrolysis) is 1. The van der Waals surface area contributed by atoms with Gasteiger partial charge in [-0.15, -0.1) is 0 Å². The Bertz CT molecular complexity index is 252. The summed E-state index contributed by atoms with van der Waals surface area (Å²) in [5, 5.41) is 11.2. The van der Waals surface area contributed by atoms with E-state index < -0.39 is 23.7 Å². The zero-order valence-electron chi connectivity index (χ0n) is 9.77. The van der Waals surface area contributed by atoms with Gasteiger partial charge < -0.3 is 15.2 Å². The van der Waals surface area contributed by atoms with Crippen molar-refractivity contribution < 1.29 is 19.4 Å². The molecule has 2 N–H and O–H groups in total. The van der Waals surface area contributed by atoms with Gasteiger partial charge in [-0.25, -0.2) is 9.59 Å². The van der Waals surface area contributed by atoms with Crippen LogP contribution in [0.5, 0.6) is 0 Å². The van der Waals surface area contributed by atoms with Crippen molar-refractivity contribution in [2.24, 2.45) is 0 Å². The van der Waals surface area contributed by atoms with E-state index in [1.165, 1.54) is 21.6 Å². The monoisotopic (exact) mass is 267 g/mol. The van der Waals surface area contributed by atoms with Crippen LogP contribution in [0.1, 0.15) is 20.8 Å². The first-order valence-corrected chi connectivity index (χ1v) is 7.37. The molecule has 1 amide bonds. The van der Waals surface area contributed by atoms with E-state index >= 15 is 0 Å². The van der Waals surface area contributed by atoms with Gasteiger partial charge in [0.1, 0.15) is 11.6 Å². The lowest BCUT2D eigenvalue weighted by Crippen LogP contribution is -2.44. The van der Waals surface area contributed by atoms with E-state index in [-0.39, 0.29) is 0 Å². The van der Waals surface area contributed by atoms with Crippen LogP contribution in [0.4, 0.5) is 4.79 Å². The summed E-state index contributed by atoms with van der Waals surface area (Å²) < 4.78 is 4.97. The van der Waals surface area contributed by atoms with Crippen LogP contribution in [0.25, 0.3) is 0 Å². The van der Waals surface area contributed by atoms with Gasteiger partial charge in [-0.3, -0.25) is 0 Å². The third-order valence-electron chi connectivity index (χ3n) is 1.34. The maximum absolute atomic E-state index is 11.3. The van der Waals surface area contributed by atoms with Crippen molar-refractivity contribution in [2.75, 3.05) is 12.0 Å². The van der Waals surface area contributed by atoms with Gasteiger partial charge in [0.15, 0.2) is 0 Å². The lowest BCUT2D eigenvalue weighted by atomic mass is 10.2. The number of amides is 1. The maximum Gasteiger partial charge on any atom is 0.408 e. The largest absolute Gasteiger partial charge is 0.480 e. The second-order valence-corrected chi connectivity index (χ2v) is 6.60. The highest BCUT2D eigenvalue weighted by Gasteiger charge is 2.23. The van der Waals surface area contributed by atoms with E-state index in [1.807, 2.05) is 6.26 Å². The molecule has 0 heterocycles. The number of carboxylic acid groups (broad SMARTS) is 1. The molecule has 0 radical (unpaired) electrons. The van der Waals surface area contributed by atoms with Crippen LogP contribution in [0, 0.1) is 0 Å². The summed E-state index contributed by atoms with van der Waals surface area (Å²) in [5.74, 6) is -0.761. The van der Waals surface area contributed by atoms with Gasteiger partial charge >= 0.3 is 12.1 Å². The molecule has 5 nitrogen and oxygen atoms in total. The van der Waals surface area contributed by atoms with Crippen LogP contribution >= 0.6 is 21.6 Å². The lowest BCUT2D eigenvalue weighted by molar-refractivity contribution is -0.138. The molecule has 0 aliphatic carbocycles. The van der Waals surface area contributed by atoms with Crippen LogP contribution in [-0.2, 0) is 9.53 Å². The number of aliphatic carboxylic acids is 1. The molecule has 0 spiro atoms. The predicted molar refractivity (Wildman–Crippen MR) is 66.8 cm³/mol. The molecule has 0 saturated heterocycles. The molecule has 0 aromatic rings. The molecular weight excluding hydrogens is 250 g/mol. The highest BCUT2D eigenvalue weighted by molar-refractivity contribution is 8.76. The Hall–Kier alpha value is -0.560. The van der Waals surface area contributed by atoms with Crippen LogP contribution in [0.15, 0.2) is 0 Å². The Kier molecular flexibility index (Phi) is 6.66. The molecule has 0 aliphatic rings. The second kappa shape index (κ2) is 6.90. The van der Waals surface area contributed by atoms with Crippen molar-refractivity contribution in [2.45, 2.75) is 32.4 Å². The van der Waals surface area contributed by atoms with Crippen molar-refractivity contribution in [3.05, 3.63) is 0 Å². The molecular formula is C9H17NO4S2. The Labute approximate surface area is 103 Å². The summed E-state index contributed by atoms with van der Waals surface area (Å²) in [6.45, 7) is 5.16. The van der Waals surface area contributed by atoms with Crippen molar-refractivity contribution in [1.82, 2.24) is 5.32 Å². The number of carboxylic acids is 1. The lowest BCUT2D eigenvalue weighted by Gasteiger charge is -2.21. The Morgan fingerprint density at radius 1 is 1.44 bits per heavy atom. The molecule has 0 fully saturated rings. The van der Waals surface area contributed by atoms with E-state index in [0.29, 0.717) is 5.75 Å². The van der Waals surface area contributed by atoms with Gasteiger partial charge in [0.05, 0.1) is 0 Å². The SMILES string of the molecule is CSSCC(NC(=O)OC(C)(C)C)C(=O)O. The first-order chi connectivity index (χ1) is 7.26.